The number of anilines is 1. The molecule has 1 saturated heterocycles. The first-order valence-corrected chi connectivity index (χ1v) is 8.25. The summed E-state index contributed by atoms with van der Waals surface area (Å²) in [4.78, 5) is 8.87. The smallest absolute Gasteiger partial charge is 0.191 e. The minimum absolute atomic E-state index is 0.202. The monoisotopic (exact) mass is 320 g/mol. The lowest BCUT2D eigenvalue weighted by Crippen LogP contribution is -2.51. The molecule has 0 aromatic heterocycles. The van der Waals surface area contributed by atoms with Gasteiger partial charge in [0.1, 0.15) is 5.82 Å². The molecule has 1 saturated carbocycles. The van der Waals surface area contributed by atoms with Crippen LogP contribution in [-0.4, -0.2) is 56.8 Å². The second-order valence-corrected chi connectivity index (χ2v) is 6.26. The molecular weight excluding hydrogens is 295 g/mol. The zero-order chi connectivity index (χ0) is 16.2. The van der Waals surface area contributed by atoms with E-state index in [0.29, 0.717) is 18.4 Å². The minimum atomic E-state index is -0.202. The molecule has 0 amide bonds. The molecule has 1 unspecified atom stereocenters. The SMILES string of the molecule is COC(CN=C(N)N1CCN(c2ccc(F)cc2)CC1)C1CC1. The van der Waals surface area contributed by atoms with Crippen molar-refractivity contribution in [3.05, 3.63) is 30.1 Å². The van der Waals surface area contributed by atoms with Crippen molar-refractivity contribution < 1.29 is 9.13 Å². The third-order valence-electron chi connectivity index (χ3n) is 4.68. The van der Waals surface area contributed by atoms with Crippen molar-refractivity contribution in [2.45, 2.75) is 18.9 Å². The maximum Gasteiger partial charge on any atom is 0.191 e. The highest BCUT2D eigenvalue weighted by molar-refractivity contribution is 5.78. The van der Waals surface area contributed by atoms with Crippen LogP contribution in [0, 0.1) is 11.7 Å². The molecule has 1 aromatic rings. The van der Waals surface area contributed by atoms with Gasteiger partial charge in [0, 0.05) is 39.0 Å². The lowest BCUT2D eigenvalue weighted by molar-refractivity contribution is 0.0916. The number of halogens is 1. The zero-order valence-corrected chi connectivity index (χ0v) is 13.6. The average molecular weight is 320 g/mol. The lowest BCUT2D eigenvalue weighted by Gasteiger charge is -2.36. The topological polar surface area (TPSA) is 54.1 Å². The van der Waals surface area contributed by atoms with Crippen molar-refractivity contribution in [2.75, 3.05) is 44.7 Å². The summed E-state index contributed by atoms with van der Waals surface area (Å²) in [7, 11) is 1.75. The number of hydrogen-bond donors (Lipinski definition) is 1. The van der Waals surface area contributed by atoms with E-state index in [4.69, 9.17) is 10.5 Å². The lowest BCUT2D eigenvalue weighted by atomic mass is 10.2. The van der Waals surface area contributed by atoms with Gasteiger partial charge in [0.15, 0.2) is 5.96 Å². The number of hydrogen-bond acceptors (Lipinski definition) is 3. The number of nitrogens with zero attached hydrogens (tertiary/aromatic N) is 3. The summed E-state index contributed by atoms with van der Waals surface area (Å²) in [6, 6.07) is 6.64. The standard InChI is InChI=1S/C17H25FN4O/c1-23-16(13-2-3-13)12-20-17(19)22-10-8-21(9-11-22)15-6-4-14(18)5-7-15/h4-7,13,16H,2-3,8-12H2,1H3,(H2,19,20). The number of aliphatic imine (C=N–C) groups is 1. The maximum atomic E-state index is 13.0. The first kappa shape index (κ1) is 16.1. The van der Waals surface area contributed by atoms with Crippen LogP contribution in [-0.2, 0) is 4.74 Å². The Balaban J connectivity index is 1.50. The Labute approximate surface area is 136 Å². The van der Waals surface area contributed by atoms with Gasteiger partial charge in [-0.2, -0.15) is 0 Å². The summed E-state index contributed by atoms with van der Waals surface area (Å²) in [5.41, 5.74) is 7.18. The van der Waals surface area contributed by atoms with E-state index in [1.807, 2.05) is 12.1 Å². The quantitative estimate of drug-likeness (QED) is 0.662. The van der Waals surface area contributed by atoms with Crippen molar-refractivity contribution >= 4 is 11.6 Å². The van der Waals surface area contributed by atoms with Crippen LogP contribution in [0.25, 0.3) is 0 Å². The van der Waals surface area contributed by atoms with E-state index in [2.05, 4.69) is 14.8 Å². The first-order chi connectivity index (χ1) is 11.2. The van der Waals surface area contributed by atoms with Crippen LogP contribution in [0.3, 0.4) is 0 Å². The molecule has 23 heavy (non-hydrogen) atoms. The molecule has 0 radical (unpaired) electrons. The normalized spacial score (nSPS) is 20.7. The Morgan fingerprint density at radius 1 is 1.26 bits per heavy atom. The predicted octanol–water partition coefficient (Wildman–Crippen LogP) is 1.69. The summed E-state index contributed by atoms with van der Waals surface area (Å²) in [6.07, 6.45) is 2.68. The molecule has 1 aliphatic heterocycles. The third kappa shape index (κ3) is 4.13. The van der Waals surface area contributed by atoms with Crippen molar-refractivity contribution in [2.24, 2.45) is 16.6 Å². The van der Waals surface area contributed by atoms with Crippen LogP contribution < -0.4 is 10.6 Å². The van der Waals surface area contributed by atoms with Crippen LogP contribution in [0.1, 0.15) is 12.8 Å². The molecule has 2 aliphatic rings. The summed E-state index contributed by atoms with van der Waals surface area (Å²) in [6.45, 7) is 4.02. The molecule has 3 rings (SSSR count). The fraction of sp³-hybridized carbons (Fsp3) is 0.588. The van der Waals surface area contributed by atoms with Gasteiger partial charge in [-0.1, -0.05) is 0 Å². The second kappa shape index (κ2) is 7.17. The molecule has 1 aliphatic carbocycles. The molecule has 1 atom stereocenters. The highest BCUT2D eigenvalue weighted by Gasteiger charge is 2.31. The molecule has 0 spiro atoms. The summed E-state index contributed by atoms with van der Waals surface area (Å²) in [5.74, 6) is 1.06. The van der Waals surface area contributed by atoms with Gasteiger partial charge in [-0.15, -0.1) is 0 Å². The number of ether oxygens (including phenoxy) is 1. The van der Waals surface area contributed by atoms with E-state index in [1.54, 1.807) is 7.11 Å². The number of methoxy groups -OCH3 is 1. The van der Waals surface area contributed by atoms with Crippen LogP contribution in [0.2, 0.25) is 0 Å². The molecule has 2 N–H and O–H groups in total. The number of rotatable bonds is 5. The molecule has 1 aromatic carbocycles. The van der Waals surface area contributed by atoms with Crippen molar-refractivity contribution in [3.8, 4) is 0 Å². The van der Waals surface area contributed by atoms with Crippen LogP contribution in [0.15, 0.2) is 29.3 Å². The molecule has 0 bridgehead atoms. The van der Waals surface area contributed by atoms with Gasteiger partial charge in [-0.3, -0.25) is 4.99 Å². The van der Waals surface area contributed by atoms with Crippen molar-refractivity contribution in [1.29, 1.82) is 0 Å². The molecular formula is C17H25FN4O. The Morgan fingerprint density at radius 2 is 1.91 bits per heavy atom. The number of benzene rings is 1. The van der Waals surface area contributed by atoms with E-state index in [9.17, 15) is 4.39 Å². The fourth-order valence-corrected chi connectivity index (χ4v) is 3.01. The molecule has 126 valence electrons. The van der Waals surface area contributed by atoms with Crippen LogP contribution >= 0.6 is 0 Å². The van der Waals surface area contributed by atoms with Gasteiger partial charge in [0.25, 0.3) is 0 Å². The van der Waals surface area contributed by atoms with E-state index in [0.717, 1.165) is 31.9 Å². The third-order valence-corrected chi connectivity index (χ3v) is 4.68. The summed E-state index contributed by atoms with van der Waals surface area (Å²) < 4.78 is 18.5. The van der Waals surface area contributed by atoms with E-state index in [1.165, 1.54) is 25.0 Å². The Morgan fingerprint density at radius 3 is 2.48 bits per heavy atom. The predicted molar refractivity (Wildman–Crippen MR) is 90.2 cm³/mol. The van der Waals surface area contributed by atoms with Gasteiger partial charge in [-0.25, -0.2) is 4.39 Å². The summed E-state index contributed by atoms with van der Waals surface area (Å²) >= 11 is 0. The highest BCUT2D eigenvalue weighted by Crippen LogP contribution is 2.34. The zero-order valence-electron chi connectivity index (χ0n) is 13.6. The molecule has 5 nitrogen and oxygen atoms in total. The molecule has 1 heterocycles. The largest absolute Gasteiger partial charge is 0.379 e. The van der Waals surface area contributed by atoms with Crippen molar-refractivity contribution in [3.63, 3.8) is 0 Å². The van der Waals surface area contributed by atoms with Crippen LogP contribution in [0.5, 0.6) is 0 Å². The van der Waals surface area contributed by atoms with Gasteiger partial charge in [-0.05, 0) is 43.0 Å². The Hall–Kier alpha value is -1.82. The Kier molecular flexibility index (Phi) is 5.00. The number of piperazine rings is 1. The highest BCUT2D eigenvalue weighted by atomic mass is 19.1. The first-order valence-electron chi connectivity index (χ1n) is 8.25. The fourth-order valence-electron chi connectivity index (χ4n) is 3.01. The van der Waals surface area contributed by atoms with Gasteiger partial charge >= 0.3 is 0 Å². The minimum Gasteiger partial charge on any atom is -0.379 e. The van der Waals surface area contributed by atoms with E-state index >= 15 is 0 Å². The summed E-state index contributed by atoms with van der Waals surface area (Å²) in [5, 5.41) is 0. The molecule has 2 fully saturated rings. The van der Waals surface area contributed by atoms with Crippen LogP contribution in [0.4, 0.5) is 10.1 Å². The molecule has 6 heteroatoms. The van der Waals surface area contributed by atoms with Gasteiger partial charge < -0.3 is 20.3 Å². The Bertz CT molecular complexity index is 536. The van der Waals surface area contributed by atoms with E-state index in [-0.39, 0.29) is 11.9 Å². The number of nitrogens with two attached hydrogens (primary N) is 1. The average Bonchev–Trinajstić information content (AvgIpc) is 3.41. The maximum absolute atomic E-state index is 13.0. The van der Waals surface area contributed by atoms with Gasteiger partial charge in [0.2, 0.25) is 0 Å². The van der Waals surface area contributed by atoms with Gasteiger partial charge in [0.05, 0.1) is 12.6 Å². The second-order valence-electron chi connectivity index (χ2n) is 6.26. The van der Waals surface area contributed by atoms with E-state index < -0.39 is 0 Å². The number of guanidine groups is 1. The van der Waals surface area contributed by atoms with Crippen molar-refractivity contribution in [1.82, 2.24) is 4.90 Å².